The molecule has 1 rings (SSSR count). The van der Waals surface area contributed by atoms with Crippen LogP contribution in [-0.2, 0) is 0 Å². The standard InChI is InChI=1S/C14H19NO2/c1-2-11-7-3-4-8-12(11)13(16)9-5-6-10-14(15)17/h2-4,7-8,14,17H,1,5-6,9-10,15H2. The van der Waals surface area contributed by atoms with Crippen LogP contribution in [0.15, 0.2) is 30.8 Å². The maximum absolute atomic E-state index is 11.9. The van der Waals surface area contributed by atoms with E-state index in [-0.39, 0.29) is 5.78 Å². The lowest BCUT2D eigenvalue weighted by atomic mass is 9.99. The second kappa shape index (κ2) is 6.99. The average molecular weight is 233 g/mol. The third kappa shape index (κ3) is 4.51. The molecule has 0 aliphatic carbocycles. The van der Waals surface area contributed by atoms with E-state index in [2.05, 4.69) is 6.58 Å². The number of nitrogens with two attached hydrogens (primary N) is 1. The summed E-state index contributed by atoms with van der Waals surface area (Å²) < 4.78 is 0. The Morgan fingerprint density at radius 2 is 2.12 bits per heavy atom. The highest BCUT2D eigenvalue weighted by Gasteiger charge is 2.08. The lowest BCUT2D eigenvalue weighted by Crippen LogP contribution is -2.18. The van der Waals surface area contributed by atoms with Crippen LogP contribution in [0.3, 0.4) is 0 Å². The number of benzene rings is 1. The minimum Gasteiger partial charge on any atom is -0.379 e. The van der Waals surface area contributed by atoms with Crippen LogP contribution < -0.4 is 5.73 Å². The molecule has 0 aromatic heterocycles. The Balaban J connectivity index is 2.49. The van der Waals surface area contributed by atoms with E-state index in [9.17, 15) is 4.79 Å². The highest BCUT2D eigenvalue weighted by Crippen LogP contribution is 2.14. The Bertz CT molecular complexity index is 386. The largest absolute Gasteiger partial charge is 0.379 e. The molecule has 17 heavy (non-hydrogen) atoms. The van der Waals surface area contributed by atoms with E-state index in [1.165, 1.54) is 0 Å². The molecule has 1 aromatic carbocycles. The normalized spacial score (nSPS) is 12.1. The lowest BCUT2D eigenvalue weighted by Gasteiger charge is -2.06. The van der Waals surface area contributed by atoms with Crippen LogP contribution in [0.5, 0.6) is 0 Å². The van der Waals surface area contributed by atoms with Gasteiger partial charge in [-0.1, -0.05) is 36.9 Å². The Morgan fingerprint density at radius 1 is 1.41 bits per heavy atom. The van der Waals surface area contributed by atoms with E-state index in [0.29, 0.717) is 12.8 Å². The maximum Gasteiger partial charge on any atom is 0.163 e. The van der Waals surface area contributed by atoms with Gasteiger partial charge in [-0.25, -0.2) is 0 Å². The summed E-state index contributed by atoms with van der Waals surface area (Å²) in [5, 5.41) is 8.90. The second-order valence-corrected chi connectivity index (χ2v) is 4.03. The highest BCUT2D eigenvalue weighted by atomic mass is 16.3. The van der Waals surface area contributed by atoms with Gasteiger partial charge in [0.05, 0.1) is 0 Å². The monoisotopic (exact) mass is 233 g/mol. The van der Waals surface area contributed by atoms with Crippen molar-refractivity contribution in [1.82, 2.24) is 0 Å². The van der Waals surface area contributed by atoms with Crippen molar-refractivity contribution in [2.24, 2.45) is 5.73 Å². The molecule has 3 N–H and O–H groups in total. The zero-order valence-corrected chi connectivity index (χ0v) is 9.93. The molecule has 0 radical (unpaired) electrons. The first-order valence-corrected chi connectivity index (χ1v) is 5.83. The second-order valence-electron chi connectivity index (χ2n) is 4.03. The summed E-state index contributed by atoms with van der Waals surface area (Å²) in [5.74, 6) is 0.118. The topological polar surface area (TPSA) is 63.3 Å². The number of ketones is 1. The number of hydrogen-bond donors (Lipinski definition) is 2. The van der Waals surface area contributed by atoms with E-state index in [4.69, 9.17) is 10.8 Å². The van der Waals surface area contributed by atoms with E-state index < -0.39 is 6.23 Å². The van der Waals surface area contributed by atoms with Gasteiger partial charge in [-0.2, -0.15) is 0 Å². The molecule has 3 heteroatoms. The van der Waals surface area contributed by atoms with Crippen molar-refractivity contribution in [3.05, 3.63) is 42.0 Å². The molecule has 0 fully saturated rings. The van der Waals surface area contributed by atoms with Gasteiger partial charge in [-0.15, -0.1) is 0 Å². The van der Waals surface area contributed by atoms with Gasteiger partial charge in [-0.05, 0) is 24.8 Å². The molecule has 1 atom stereocenters. The van der Waals surface area contributed by atoms with Crippen LogP contribution in [0.1, 0.15) is 41.6 Å². The maximum atomic E-state index is 11.9. The summed E-state index contributed by atoms with van der Waals surface area (Å²) in [6, 6.07) is 7.43. The van der Waals surface area contributed by atoms with Gasteiger partial charge in [-0.3, -0.25) is 4.79 Å². The molecule has 1 aromatic rings. The smallest absolute Gasteiger partial charge is 0.163 e. The highest BCUT2D eigenvalue weighted by molar-refractivity contribution is 5.99. The Kier molecular flexibility index (Phi) is 5.60. The molecule has 0 spiro atoms. The van der Waals surface area contributed by atoms with Gasteiger partial charge in [0.1, 0.15) is 6.23 Å². The summed E-state index contributed by atoms with van der Waals surface area (Å²) in [6.07, 6.45) is 3.45. The summed E-state index contributed by atoms with van der Waals surface area (Å²) >= 11 is 0. The number of unbranched alkanes of at least 4 members (excludes halogenated alkanes) is 1. The molecular weight excluding hydrogens is 214 g/mol. The third-order valence-corrected chi connectivity index (χ3v) is 2.63. The molecule has 0 aliphatic rings. The summed E-state index contributed by atoms with van der Waals surface area (Å²) in [6.45, 7) is 3.69. The van der Waals surface area contributed by atoms with Crippen LogP contribution >= 0.6 is 0 Å². The van der Waals surface area contributed by atoms with E-state index in [1.807, 2.05) is 24.3 Å². The SMILES string of the molecule is C=Cc1ccccc1C(=O)CCCCC(N)O. The van der Waals surface area contributed by atoms with Gasteiger partial charge in [0.2, 0.25) is 0 Å². The number of aliphatic hydroxyl groups excluding tert-OH is 1. The van der Waals surface area contributed by atoms with Crippen molar-refractivity contribution in [2.75, 3.05) is 0 Å². The van der Waals surface area contributed by atoms with Crippen LogP contribution in [0.25, 0.3) is 6.08 Å². The lowest BCUT2D eigenvalue weighted by molar-refractivity contribution is 0.0975. The Morgan fingerprint density at radius 3 is 2.76 bits per heavy atom. The zero-order chi connectivity index (χ0) is 12.7. The van der Waals surface area contributed by atoms with Crippen LogP contribution in [0.2, 0.25) is 0 Å². The number of carbonyl (C=O) groups excluding carboxylic acids is 1. The van der Waals surface area contributed by atoms with Crippen molar-refractivity contribution >= 4 is 11.9 Å². The fourth-order valence-electron chi connectivity index (χ4n) is 1.70. The molecule has 0 saturated heterocycles. The van der Waals surface area contributed by atoms with Gasteiger partial charge in [0.15, 0.2) is 5.78 Å². The first-order valence-electron chi connectivity index (χ1n) is 5.83. The number of rotatable bonds is 7. The molecule has 0 amide bonds. The molecule has 92 valence electrons. The summed E-state index contributed by atoms with van der Waals surface area (Å²) in [4.78, 5) is 11.9. The number of hydrogen-bond acceptors (Lipinski definition) is 3. The van der Waals surface area contributed by atoms with Crippen LogP contribution in [-0.4, -0.2) is 17.1 Å². The number of carbonyl (C=O) groups is 1. The molecule has 0 saturated carbocycles. The summed E-state index contributed by atoms with van der Waals surface area (Å²) in [5.41, 5.74) is 6.81. The first-order chi connectivity index (χ1) is 8.15. The molecular formula is C14H19NO2. The fraction of sp³-hybridized carbons (Fsp3) is 0.357. The zero-order valence-electron chi connectivity index (χ0n) is 9.93. The molecule has 1 unspecified atom stereocenters. The van der Waals surface area contributed by atoms with Crippen molar-refractivity contribution in [2.45, 2.75) is 31.9 Å². The van der Waals surface area contributed by atoms with Crippen LogP contribution in [0, 0.1) is 0 Å². The number of Topliss-reactive ketones (excluding diaryl/α,β-unsaturated/α-hetero) is 1. The van der Waals surface area contributed by atoms with Gasteiger partial charge in [0.25, 0.3) is 0 Å². The van der Waals surface area contributed by atoms with Crippen molar-refractivity contribution in [3.63, 3.8) is 0 Å². The van der Waals surface area contributed by atoms with Gasteiger partial charge < -0.3 is 10.8 Å². The predicted octanol–water partition coefficient (Wildman–Crippen LogP) is 2.35. The van der Waals surface area contributed by atoms with E-state index >= 15 is 0 Å². The van der Waals surface area contributed by atoms with Gasteiger partial charge >= 0.3 is 0 Å². The number of aliphatic hydroxyl groups is 1. The third-order valence-electron chi connectivity index (χ3n) is 2.63. The fourth-order valence-corrected chi connectivity index (χ4v) is 1.70. The molecule has 0 heterocycles. The van der Waals surface area contributed by atoms with Crippen molar-refractivity contribution < 1.29 is 9.90 Å². The average Bonchev–Trinajstić information content (AvgIpc) is 2.34. The minimum absolute atomic E-state index is 0.118. The quantitative estimate of drug-likeness (QED) is 0.431. The molecule has 0 bridgehead atoms. The van der Waals surface area contributed by atoms with E-state index in [0.717, 1.165) is 24.0 Å². The summed E-state index contributed by atoms with van der Waals surface area (Å²) in [7, 11) is 0. The first kappa shape index (κ1) is 13.6. The van der Waals surface area contributed by atoms with E-state index in [1.54, 1.807) is 6.08 Å². The Labute approximate surface area is 102 Å². The molecule has 3 nitrogen and oxygen atoms in total. The Hall–Kier alpha value is -1.45. The predicted molar refractivity (Wildman–Crippen MR) is 69.5 cm³/mol. The van der Waals surface area contributed by atoms with Crippen molar-refractivity contribution in [1.29, 1.82) is 0 Å². The van der Waals surface area contributed by atoms with Gasteiger partial charge in [0, 0.05) is 12.0 Å². The minimum atomic E-state index is -0.773. The van der Waals surface area contributed by atoms with Crippen LogP contribution in [0.4, 0.5) is 0 Å². The van der Waals surface area contributed by atoms with Crippen molar-refractivity contribution in [3.8, 4) is 0 Å². The molecule has 0 aliphatic heterocycles.